The second-order valence-electron chi connectivity index (χ2n) is 7.77. The molecule has 31 heavy (non-hydrogen) atoms. The summed E-state index contributed by atoms with van der Waals surface area (Å²) in [6.45, 7) is 2.41. The Morgan fingerprint density at radius 3 is 2.65 bits per heavy atom. The number of pyridine rings is 1. The topological polar surface area (TPSA) is 131 Å². The Balaban J connectivity index is 1.54. The second-order valence-corrected chi connectivity index (χ2v) is 7.77. The first-order valence-corrected chi connectivity index (χ1v) is 9.80. The molecule has 0 spiro atoms. The molecule has 9 heteroatoms. The van der Waals surface area contributed by atoms with E-state index in [4.69, 9.17) is 10.3 Å². The van der Waals surface area contributed by atoms with E-state index in [-0.39, 0.29) is 18.1 Å². The molecule has 5 rings (SSSR count). The molecule has 4 aromatic rings. The van der Waals surface area contributed by atoms with Crippen LogP contribution in [-0.2, 0) is 10.4 Å². The third-order valence-electron chi connectivity index (χ3n) is 5.69. The number of aliphatic hydroxyl groups is 1. The smallest absolute Gasteiger partial charge is 0.262 e. The van der Waals surface area contributed by atoms with Crippen molar-refractivity contribution >= 4 is 22.8 Å². The molecule has 1 fully saturated rings. The third-order valence-corrected chi connectivity index (χ3v) is 5.69. The predicted octanol–water partition coefficient (Wildman–Crippen LogP) is 2.29. The fraction of sp³-hybridized carbons (Fsp3) is 0.227. The number of benzene rings is 1. The Morgan fingerprint density at radius 2 is 1.90 bits per heavy atom. The van der Waals surface area contributed by atoms with Gasteiger partial charge in [-0.2, -0.15) is 0 Å². The summed E-state index contributed by atoms with van der Waals surface area (Å²) in [5.74, 6) is 0.0816. The molecule has 1 atom stereocenters. The van der Waals surface area contributed by atoms with E-state index in [0.717, 1.165) is 22.4 Å². The summed E-state index contributed by atoms with van der Waals surface area (Å²) in [5, 5.41) is 14.9. The minimum atomic E-state index is -1.67. The van der Waals surface area contributed by atoms with Gasteiger partial charge >= 0.3 is 0 Å². The molecule has 0 radical (unpaired) electrons. The van der Waals surface area contributed by atoms with E-state index in [1.54, 1.807) is 13.1 Å². The minimum Gasteiger partial charge on any atom is -0.382 e. The number of fused-ring (bicyclic) bond motifs is 1. The largest absolute Gasteiger partial charge is 0.382 e. The van der Waals surface area contributed by atoms with Crippen LogP contribution in [0.4, 0.5) is 5.82 Å². The van der Waals surface area contributed by atoms with E-state index < -0.39 is 5.60 Å². The normalized spacial score (nSPS) is 18.8. The summed E-state index contributed by atoms with van der Waals surface area (Å²) in [7, 11) is 1.65. The summed E-state index contributed by atoms with van der Waals surface area (Å²) >= 11 is 0. The highest BCUT2D eigenvalue weighted by Gasteiger charge is 2.48. The summed E-state index contributed by atoms with van der Waals surface area (Å²) in [6.07, 6.45) is 1.69. The average molecular weight is 416 g/mol. The van der Waals surface area contributed by atoms with Gasteiger partial charge in [0.1, 0.15) is 17.5 Å². The predicted molar refractivity (Wildman–Crippen MR) is 114 cm³/mol. The Bertz CT molecular complexity index is 1330. The van der Waals surface area contributed by atoms with Crippen molar-refractivity contribution in [3.05, 3.63) is 54.0 Å². The number of hydrogen-bond acceptors (Lipinski definition) is 8. The molecule has 1 aliphatic rings. The van der Waals surface area contributed by atoms with Crippen molar-refractivity contribution < 1.29 is 14.4 Å². The van der Waals surface area contributed by atoms with Gasteiger partial charge in [0.25, 0.3) is 5.91 Å². The number of hydrogen-bond donors (Lipinski definition) is 2. The van der Waals surface area contributed by atoms with Crippen LogP contribution in [0.1, 0.15) is 17.7 Å². The van der Waals surface area contributed by atoms with E-state index >= 15 is 0 Å². The average Bonchev–Trinajstić information content (AvgIpc) is 3.37. The van der Waals surface area contributed by atoms with E-state index in [1.165, 1.54) is 11.2 Å². The number of amides is 1. The van der Waals surface area contributed by atoms with Gasteiger partial charge < -0.3 is 20.3 Å². The lowest BCUT2D eigenvalue weighted by Crippen LogP contribution is -2.35. The molecule has 1 aliphatic heterocycles. The van der Waals surface area contributed by atoms with Gasteiger partial charge in [0.2, 0.25) is 5.60 Å². The summed E-state index contributed by atoms with van der Waals surface area (Å²) in [5.41, 5.74) is 9.40. The molecular weight excluding hydrogens is 396 g/mol. The van der Waals surface area contributed by atoms with Gasteiger partial charge in [0.15, 0.2) is 11.6 Å². The van der Waals surface area contributed by atoms with Crippen LogP contribution < -0.4 is 5.73 Å². The van der Waals surface area contributed by atoms with Crippen LogP contribution in [0.2, 0.25) is 0 Å². The molecule has 1 amide bonds. The standard InChI is InChI=1S/C22H20N6O3/c1-12-8-15(26-19-18(12)24-11-25-20(19)23)13-4-3-5-14(9-13)16-10-17(31-27-16)22(30)6-7-28(2)21(22)29/h3-5,8-11,30H,6-7H2,1-2H3,(H2,23,24,25)/t22-/m1/s1. The van der Waals surface area contributed by atoms with Crippen LogP contribution in [0.5, 0.6) is 0 Å². The van der Waals surface area contributed by atoms with E-state index in [0.29, 0.717) is 29.1 Å². The molecule has 0 saturated carbocycles. The molecule has 0 unspecified atom stereocenters. The number of nitrogen functional groups attached to an aromatic ring is 1. The van der Waals surface area contributed by atoms with Crippen molar-refractivity contribution in [2.24, 2.45) is 0 Å². The Hall–Kier alpha value is -3.85. The highest BCUT2D eigenvalue weighted by atomic mass is 16.5. The summed E-state index contributed by atoms with van der Waals surface area (Å²) < 4.78 is 5.37. The Morgan fingerprint density at radius 1 is 1.13 bits per heavy atom. The molecule has 1 saturated heterocycles. The minimum absolute atomic E-state index is 0.145. The van der Waals surface area contributed by atoms with Gasteiger partial charge in [-0.05, 0) is 24.6 Å². The third kappa shape index (κ3) is 3.01. The van der Waals surface area contributed by atoms with Gasteiger partial charge in [-0.25, -0.2) is 15.0 Å². The van der Waals surface area contributed by atoms with Crippen molar-refractivity contribution in [1.82, 2.24) is 25.0 Å². The fourth-order valence-corrected chi connectivity index (χ4v) is 3.89. The van der Waals surface area contributed by atoms with E-state index in [1.807, 2.05) is 37.3 Å². The van der Waals surface area contributed by atoms with Crippen molar-refractivity contribution in [2.75, 3.05) is 19.3 Å². The first kappa shape index (κ1) is 19.1. The fourth-order valence-electron chi connectivity index (χ4n) is 3.89. The number of anilines is 1. The van der Waals surface area contributed by atoms with Crippen LogP contribution in [0, 0.1) is 6.92 Å². The first-order valence-electron chi connectivity index (χ1n) is 9.80. The van der Waals surface area contributed by atoms with Gasteiger partial charge in [-0.3, -0.25) is 4.79 Å². The zero-order valence-corrected chi connectivity index (χ0v) is 17.0. The SMILES string of the molecule is Cc1cc(-c2cccc(-c3cc([C@]4(O)CCN(C)C4=O)on3)c2)nc2c(N)ncnc12. The lowest BCUT2D eigenvalue weighted by Gasteiger charge is -2.16. The number of carbonyl (C=O) groups excluding carboxylic acids is 1. The van der Waals surface area contributed by atoms with Gasteiger partial charge in [-0.1, -0.05) is 23.4 Å². The number of likely N-dealkylation sites (tertiary alicyclic amines) is 1. The number of aryl methyl sites for hydroxylation is 1. The quantitative estimate of drug-likeness (QED) is 0.520. The number of likely N-dealkylation sites (N-methyl/N-ethyl adjacent to an activating group) is 1. The number of carbonyl (C=O) groups is 1. The molecule has 0 bridgehead atoms. The maximum absolute atomic E-state index is 12.3. The lowest BCUT2D eigenvalue weighted by atomic mass is 9.97. The second kappa shape index (κ2) is 6.85. The Kier molecular flexibility index (Phi) is 4.23. The van der Waals surface area contributed by atoms with E-state index in [9.17, 15) is 9.90 Å². The maximum atomic E-state index is 12.3. The highest BCUT2D eigenvalue weighted by molar-refractivity contribution is 5.89. The highest BCUT2D eigenvalue weighted by Crippen LogP contribution is 2.35. The van der Waals surface area contributed by atoms with Crippen molar-refractivity contribution in [2.45, 2.75) is 18.9 Å². The first-order chi connectivity index (χ1) is 14.9. The zero-order valence-electron chi connectivity index (χ0n) is 17.0. The van der Waals surface area contributed by atoms with Crippen molar-refractivity contribution in [3.8, 4) is 22.5 Å². The number of rotatable bonds is 3. The summed E-state index contributed by atoms with van der Waals surface area (Å²) in [4.78, 5) is 26.8. The van der Waals surface area contributed by atoms with Gasteiger partial charge in [0.05, 0.1) is 11.2 Å². The molecule has 9 nitrogen and oxygen atoms in total. The van der Waals surface area contributed by atoms with Crippen LogP contribution in [-0.4, -0.2) is 49.6 Å². The zero-order chi connectivity index (χ0) is 21.8. The molecule has 3 N–H and O–H groups in total. The molecule has 0 aliphatic carbocycles. The molecule has 4 heterocycles. The Labute approximate surface area is 177 Å². The van der Waals surface area contributed by atoms with Crippen LogP contribution in [0.15, 0.2) is 47.2 Å². The maximum Gasteiger partial charge on any atom is 0.262 e. The molecule has 156 valence electrons. The number of nitrogens with zero attached hydrogens (tertiary/aromatic N) is 5. The monoisotopic (exact) mass is 416 g/mol. The van der Waals surface area contributed by atoms with Gasteiger partial charge in [-0.15, -0.1) is 0 Å². The molecule has 3 aromatic heterocycles. The molecule has 1 aromatic carbocycles. The van der Waals surface area contributed by atoms with Crippen LogP contribution in [0.3, 0.4) is 0 Å². The number of aromatic nitrogens is 4. The molecular formula is C22H20N6O3. The van der Waals surface area contributed by atoms with E-state index in [2.05, 4.69) is 20.1 Å². The summed E-state index contributed by atoms with van der Waals surface area (Å²) in [6, 6.07) is 11.2. The van der Waals surface area contributed by atoms with Crippen LogP contribution >= 0.6 is 0 Å². The lowest BCUT2D eigenvalue weighted by molar-refractivity contribution is -0.144. The van der Waals surface area contributed by atoms with Gasteiger partial charge in [0, 0.05) is 37.2 Å². The van der Waals surface area contributed by atoms with Crippen LogP contribution in [0.25, 0.3) is 33.5 Å². The van der Waals surface area contributed by atoms with Crippen molar-refractivity contribution in [3.63, 3.8) is 0 Å². The number of nitrogens with two attached hydrogens (primary N) is 1. The van der Waals surface area contributed by atoms with Crippen molar-refractivity contribution in [1.29, 1.82) is 0 Å².